The smallest absolute Gasteiger partial charge is 0.243 e. The second-order valence-corrected chi connectivity index (χ2v) is 7.57. The number of sulfonamides is 1. The van der Waals surface area contributed by atoms with Crippen LogP contribution in [0.1, 0.15) is 39.2 Å². The third-order valence-electron chi connectivity index (χ3n) is 3.91. The molecule has 0 atom stereocenters. The lowest BCUT2D eigenvalue weighted by Gasteiger charge is -2.30. The predicted octanol–water partition coefficient (Wildman–Crippen LogP) is 2.39. The van der Waals surface area contributed by atoms with Crippen molar-refractivity contribution in [3.8, 4) is 0 Å². The minimum atomic E-state index is -3.44. The van der Waals surface area contributed by atoms with Crippen molar-refractivity contribution in [2.24, 2.45) is 0 Å². The molecule has 1 saturated heterocycles. The van der Waals surface area contributed by atoms with Gasteiger partial charge < -0.3 is 5.73 Å². The summed E-state index contributed by atoms with van der Waals surface area (Å²) in [6.45, 7) is 6.54. The number of rotatable bonds is 3. The van der Waals surface area contributed by atoms with Gasteiger partial charge in [-0.2, -0.15) is 4.31 Å². The highest BCUT2D eigenvalue weighted by atomic mass is 32.2. The van der Waals surface area contributed by atoms with Crippen molar-refractivity contribution in [3.05, 3.63) is 23.8 Å². The molecule has 19 heavy (non-hydrogen) atoms. The first-order chi connectivity index (χ1) is 8.79. The van der Waals surface area contributed by atoms with E-state index in [2.05, 4.69) is 0 Å². The van der Waals surface area contributed by atoms with Gasteiger partial charge in [0.25, 0.3) is 0 Å². The van der Waals surface area contributed by atoms with Crippen LogP contribution in [0.3, 0.4) is 0 Å². The van der Waals surface area contributed by atoms with Crippen LogP contribution >= 0.6 is 0 Å². The number of aryl methyl sites for hydroxylation is 1. The summed E-state index contributed by atoms with van der Waals surface area (Å²) in [5.41, 5.74) is 7.15. The normalized spacial score (nSPS) is 19.7. The molecule has 1 aromatic carbocycles. The average molecular weight is 282 g/mol. The number of nitrogens with two attached hydrogens (primary N) is 1. The van der Waals surface area contributed by atoms with Crippen molar-refractivity contribution in [3.63, 3.8) is 0 Å². The zero-order valence-corrected chi connectivity index (χ0v) is 12.6. The molecule has 0 spiro atoms. The Kier molecular flexibility index (Phi) is 3.62. The van der Waals surface area contributed by atoms with E-state index in [1.807, 2.05) is 26.8 Å². The molecule has 0 unspecified atom stereocenters. The lowest BCUT2D eigenvalue weighted by Crippen LogP contribution is -2.42. The van der Waals surface area contributed by atoms with Crippen LogP contribution in [0.25, 0.3) is 0 Å². The zero-order chi connectivity index (χ0) is 14.3. The molecule has 1 aliphatic heterocycles. The highest BCUT2D eigenvalue weighted by Gasteiger charge is 2.40. The predicted molar refractivity (Wildman–Crippen MR) is 77.4 cm³/mol. The van der Waals surface area contributed by atoms with Crippen molar-refractivity contribution in [1.82, 2.24) is 4.31 Å². The molecule has 5 heteroatoms. The molecule has 1 heterocycles. The van der Waals surface area contributed by atoms with Gasteiger partial charge in [-0.05, 0) is 50.8 Å². The first-order valence-electron chi connectivity index (χ1n) is 6.70. The molecule has 0 saturated carbocycles. The number of hydrogen-bond donors (Lipinski definition) is 1. The van der Waals surface area contributed by atoms with Gasteiger partial charge in [-0.1, -0.05) is 13.0 Å². The molecule has 1 aliphatic rings. The highest BCUT2D eigenvalue weighted by molar-refractivity contribution is 7.89. The van der Waals surface area contributed by atoms with Crippen molar-refractivity contribution < 1.29 is 8.42 Å². The number of hydrogen-bond acceptors (Lipinski definition) is 3. The molecular weight excluding hydrogens is 260 g/mol. The number of anilines is 1. The van der Waals surface area contributed by atoms with Gasteiger partial charge in [-0.15, -0.1) is 0 Å². The van der Waals surface area contributed by atoms with E-state index in [4.69, 9.17) is 5.73 Å². The first kappa shape index (κ1) is 14.3. The van der Waals surface area contributed by atoms with Crippen LogP contribution in [0.15, 0.2) is 23.1 Å². The molecule has 0 bridgehead atoms. The highest BCUT2D eigenvalue weighted by Crippen LogP contribution is 2.34. The average Bonchev–Trinajstić information content (AvgIpc) is 2.69. The van der Waals surface area contributed by atoms with Gasteiger partial charge in [0.05, 0.1) is 4.90 Å². The van der Waals surface area contributed by atoms with E-state index in [0.29, 0.717) is 17.1 Å². The number of nitrogens with zero attached hydrogens (tertiary/aromatic N) is 1. The Hall–Kier alpha value is -1.07. The van der Waals surface area contributed by atoms with Crippen LogP contribution in [-0.2, 0) is 16.4 Å². The topological polar surface area (TPSA) is 63.4 Å². The Balaban J connectivity index is 2.43. The van der Waals surface area contributed by atoms with Crippen molar-refractivity contribution >= 4 is 15.7 Å². The molecule has 0 aromatic heterocycles. The molecule has 0 aliphatic carbocycles. The van der Waals surface area contributed by atoms with Gasteiger partial charge in [-0.25, -0.2) is 8.42 Å². The molecule has 106 valence electrons. The molecule has 4 nitrogen and oxygen atoms in total. The van der Waals surface area contributed by atoms with Gasteiger partial charge in [-0.3, -0.25) is 0 Å². The summed E-state index contributed by atoms with van der Waals surface area (Å²) in [4.78, 5) is 0.303. The van der Waals surface area contributed by atoms with Gasteiger partial charge in [0.15, 0.2) is 0 Å². The first-order valence-corrected chi connectivity index (χ1v) is 8.14. The van der Waals surface area contributed by atoms with Crippen molar-refractivity contribution in [2.75, 3.05) is 12.3 Å². The quantitative estimate of drug-likeness (QED) is 0.866. The SMILES string of the molecule is CCc1ccc(S(=O)(=O)N2CCCC2(C)C)cc1N. The van der Waals surface area contributed by atoms with Crippen LogP contribution in [0.4, 0.5) is 5.69 Å². The Morgan fingerprint density at radius 3 is 2.53 bits per heavy atom. The van der Waals surface area contributed by atoms with Crippen LogP contribution in [0, 0.1) is 0 Å². The Morgan fingerprint density at radius 1 is 1.37 bits per heavy atom. The van der Waals surface area contributed by atoms with Crippen LogP contribution in [-0.4, -0.2) is 24.8 Å². The summed E-state index contributed by atoms with van der Waals surface area (Å²) in [7, 11) is -3.44. The van der Waals surface area contributed by atoms with Crippen LogP contribution < -0.4 is 5.73 Å². The summed E-state index contributed by atoms with van der Waals surface area (Å²) in [6, 6.07) is 5.06. The lowest BCUT2D eigenvalue weighted by molar-refractivity contribution is 0.292. The number of benzene rings is 1. The minimum absolute atomic E-state index is 0.303. The monoisotopic (exact) mass is 282 g/mol. The molecule has 1 aromatic rings. The van der Waals surface area contributed by atoms with Gasteiger partial charge in [0.1, 0.15) is 0 Å². The van der Waals surface area contributed by atoms with Gasteiger partial charge in [0.2, 0.25) is 10.0 Å². The third kappa shape index (κ3) is 2.49. The second-order valence-electron chi connectivity index (χ2n) is 5.71. The lowest BCUT2D eigenvalue weighted by atomic mass is 10.0. The molecule has 1 fully saturated rings. The maximum Gasteiger partial charge on any atom is 0.243 e. The fourth-order valence-corrected chi connectivity index (χ4v) is 4.59. The van der Waals surface area contributed by atoms with E-state index >= 15 is 0 Å². The van der Waals surface area contributed by atoms with Gasteiger partial charge >= 0.3 is 0 Å². The second kappa shape index (κ2) is 4.80. The Morgan fingerprint density at radius 2 is 2.05 bits per heavy atom. The van der Waals surface area contributed by atoms with E-state index < -0.39 is 10.0 Å². The van der Waals surface area contributed by atoms with E-state index in [1.165, 1.54) is 0 Å². The van der Waals surface area contributed by atoms with Crippen molar-refractivity contribution in [1.29, 1.82) is 0 Å². The van der Waals surface area contributed by atoms with Crippen molar-refractivity contribution in [2.45, 2.75) is 50.5 Å². The summed E-state index contributed by atoms with van der Waals surface area (Å²) in [6.07, 6.45) is 2.62. The Labute approximate surface area is 115 Å². The summed E-state index contributed by atoms with van der Waals surface area (Å²) in [5.74, 6) is 0. The summed E-state index contributed by atoms with van der Waals surface area (Å²) >= 11 is 0. The summed E-state index contributed by atoms with van der Waals surface area (Å²) in [5, 5.41) is 0. The molecule has 0 amide bonds. The maximum atomic E-state index is 12.7. The zero-order valence-electron chi connectivity index (χ0n) is 11.8. The molecule has 2 N–H and O–H groups in total. The van der Waals surface area contributed by atoms with Crippen LogP contribution in [0.2, 0.25) is 0 Å². The largest absolute Gasteiger partial charge is 0.398 e. The van der Waals surface area contributed by atoms with E-state index in [1.54, 1.807) is 16.4 Å². The fraction of sp³-hybridized carbons (Fsp3) is 0.571. The van der Waals surface area contributed by atoms with E-state index in [9.17, 15) is 8.42 Å². The Bertz CT molecular complexity index is 579. The molecule has 2 rings (SSSR count). The summed E-state index contributed by atoms with van der Waals surface area (Å²) < 4.78 is 26.9. The van der Waals surface area contributed by atoms with E-state index in [-0.39, 0.29) is 5.54 Å². The van der Waals surface area contributed by atoms with E-state index in [0.717, 1.165) is 24.8 Å². The molecule has 0 radical (unpaired) electrons. The number of nitrogen functional groups attached to an aromatic ring is 1. The standard InChI is InChI=1S/C14H22N2O2S/c1-4-11-6-7-12(10-13(11)15)19(17,18)16-9-5-8-14(16,2)3/h6-7,10H,4-5,8-9,15H2,1-3H3. The molecular formula is C14H22N2O2S. The van der Waals surface area contributed by atoms with Crippen LogP contribution in [0.5, 0.6) is 0 Å². The minimum Gasteiger partial charge on any atom is -0.398 e. The fourth-order valence-electron chi connectivity index (χ4n) is 2.71. The van der Waals surface area contributed by atoms with Gasteiger partial charge in [0, 0.05) is 17.8 Å². The maximum absolute atomic E-state index is 12.7. The third-order valence-corrected chi connectivity index (χ3v) is 6.02.